The smallest absolute Gasteiger partial charge is 0.331 e. The highest BCUT2D eigenvalue weighted by molar-refractivity contribution is 5.91. The molecule has 15 heavy (non-hydrogen) atoms. The van der Waals surface area contributed by atoms with E-state index in [2.05, 4.69) is 31.3 Å². The van der Waals surface area contributed by atoms with Crippen LogP contribution in [0.3, 0.4) is 0 Å². The number of carbonyl (C=O) groups is 2. The van der Waals surface area contributed by atoms with Crippen molar-refractivity contribution in [3.05, 3.63) is 12.2 Å². The Labute approximate surface area is 89.0 Å². The zero-order valence-corrected chi connectivity index (χ0v) is 9.04. The molecule has 0 spiro atoms. The normalized spacial score (nSPS) is 8.67. The molecule has 0 aromatic rings. The summed E-state index contributed by atoms with van der Waals surface area (Å²) in [5, 5.41) is 16.1. The topological polar surface area (TPSA) is 98.7 Å². The van der Waals surface area contributed by atoms with Crippen molar-refractivity contribution in [1.82, 2.24) is 10.9 Å². The monoisotopic (exact) mass is 218 g/mol. The zero-order chi connectivity index (χ0) is 12.3. The third-order valence-corrected chi connectivity index (χ3v) is 1.15. The first-order chi connectivity index (χ1) is 6.95. The van der Waals surface area contributed by atoms with Gasteiger partial charge >= 0.3 is 11.9 Å². The third-order valence-electron chi connectivity index (χ3n) is 1.15. The van der Waals surface area contributed by atoms with Gasteiger partial charge in [-0.2, -0.15) is 0 Å². The predicted octanol–water partition coefficient (Wildman–Crippen LogP) is 0.222. The van der Waals surface area contributed by atoms with Crippen LogP contribution in [0.5, 0.6) is 0 Å². The number of nitrogens with one attached hydrogen (secondary N) is 2. The number of aliphatic carboxylic acids is 2. The van der Waals surface area contributed by atoms with Gasteiger partial charge in [-0.3, -0.25) is 15.6 Å². The molecule has 0 aliphatic heterocycles. The van der Waals surface area contributed by atoms with Crippen LogP contribution in [-0.4, -0.2) is 35.2 Å². The van der Waals surface area contributed by atoms with E-state index in [1.807, 2.05) is 0 Å². The lowest BCUT2D eigenvalue weighted by molar-refractivity contribution is -0.139. The molecule has 88 valence electrons. The first kappa shape index (κ1) is 16.0. The Balaban J connectivity index is 0. The average molecular weight is 218 g/mol. The van der Waals surface area contributed by atoms with E-state index in [1.54, 1.807) is 0 Å². The van der Waals surface area contributed by atoms with Gasteiger partial charge in [0.2, 0.25) is 0 Å². The molecule has 6 heteroatoms. The number of hydrogen-bond donors (Lipinski definition) is 4. The Morgan fingerprint density at radius 1 is 1.13 bits per heavy atom. The summed E-state index contributed by atoms with van der Waals surface area (Å²) in [5.74, 6) is -2.44. The van der Waals surface area contributed by atoms with Crippen molar-refractivity contribution < 1.29 is 19.8 Å². The van der Waals surface area contributed by atoms with Gasteiger partial charge in [-0.05, 0) is 0 Å². The molecule has 0 aromatic carbocycles. The van der Waals surface area contributed by atoms with Crippen LogP contribution in [0, 0.1) is 0 Å². The number of hydrogen-bond acceptors (Lipinski definition) is 4. The van der Waals surface area contributed by atoms with E-state index in [4.69, 9.17) is 10.2 Å². The first-order valence-electron chi connectivity index (χ1n) is 4.54. The SMILES string of the molecule is C=C(CC(=O)O)C(=O)O.CCNNCC. The summed E-state index contributed by atoms with van der Waals surface area (Å²) in [5.41, 5.74) is 5.59. The number of hydrazine groups is 1. The molecule has 0 saturated heterocycles. The Kier molecular flexibility index (Phi) is 11.4. The predicted molar refractivity (Wildman–Crippen MR) is 56.4 cm³/mol. The molecule has 0 unspecified atom stereocenters. The molecule has 0 heterocycles. The molecule has 4 N–H and O–H groups in total. The Bertz CT molecular complexity index is 212. The Hall–Kier alpha value is -1.40. The maximum Gasteiger partial charge on any atom is 0.331 e. The van der Waals surface area contributed by atoms with Gasteiger partial charge in [-0.25, -0.2) is 4.79 Å². The van der Waals surface area contributed by atoms with Gasteiger partial charge in [0.05, 0.1) is 6.42 Å². The van der Waals surface area contributed by atoms with E-state index >= 15 is 0 Å². The molecule has 0 radical (unpaired) electrons. The number of carboxylic acids is 2. The van der Waals surface area contributed by atoms with Gasteiger partial charge in [-0.1, -0.05) is 20.4 Å². The van der Waals surface area contributed by atoms with Crippen LogP contribution in [0.2, 0.25) is 0 Å². The summed E-state index contributed by atoms with van der Waals surface area (Å²) in [6.07, 6.45) is -0.505. The Morgan fingerprint density at radius 2 is 1.53 bits per heavy atom. The average Bonchev–Trinajstić information content (AvgIpc) is 2.14. The summed E-state index contributed by atoms with van der Waals surface area (Å²) in [4.78, 5) is 19.7. The van der Waals surface area contributed by atoms with Crippen LogP contribution in [0.1, 0.15) is 20.3 Å². The minimum absolute atomic E-state index is 0.303. The van der Waals surface area contributed by atoms with Crippen molar-refractivity contribution >= 4 is 11.9 Å². The highest BCUT2D eigenvalue weighted by Gasteiger charge is 2.07. The minimum Gasteiger partial charge on any atom is -0.481 e. The van der Waals surface area contributed by atoms with Gasteiger partial charge in [0.25, 0.3) is 0 Å². The molecule has 0 rings (SSSR count). The van der Waals surface area contributed by atoms with Crippen LogP contribution >= 0.6 is 0 Å². The van der Waals surface area contributed by atoms with Crippen LogP contribution in [0.4, 0.5) is 0 Å². The lowest BCUT2D eigenvalue weighted by Crippen LogP contribution is -2.30. The van der Waals surface area contributed by atoms with Gasteiger partial charge in [0, 0.05) is 18.7 Å². The van der Waals surface area contributed by atoms with Crippen LogP contribution in [-0.2, 0) is 9.59 Å². The molecule has 0 atom stereocenters. The molecular weight excluding hydrogens is 200 g/mol. The summed E-state index contributed by atoms with van der Waals surface area (Å²) in [6, 6.07) is 0. The van der Waals surface area contributed by atoms with Gasteiger partial charge in [0.1, 0.15) is 0 Å². The van der Waals surface area contributed by atoms with Gasteiger partial charge < -0.3 is 10.2 Å². The quantitative estimate of drug-likeness (QED) is 0.289. The first-order valence-corrected chi connectivity index (χ1v) is 4.54. The maximum absolute atomic E-state index is 9.87. The van der Waals surface area contributed by atoms with Crippen molar-refractivity contribution in [3.8, 4) is 0 Å². The van der Waals surface area contributed by atoms with Crippen LogP contribution < -0.4 is 10.9 Å². The lowest BCUT2D eigenvalue weighted by atomic mass is 10.2. The van der Waals surface area contributed by atoms with Crippen molar-refractivity contribution in [2.75, 3.05) is 13.1 Å². The number of rotatable bonds is 6. The van der Waals surface area contributed by atoms with Crippen LogP contribution in [0.25, 0.3) is 0 Å². The van der Waals surface area contributed by atoms with Gasteiger partial charge in [0.15, 0.2) is 0 Å². The standard InChI is InChI=1S/C5H6O4.C4H12N2/c1-3(5(8)9)2-4(6)7;1-3-5-6-4-2/h1-2H2,(H,6,7)(H,8,9);5-6H,3-4H2,1-2H3. The molecule has 6 nitrogen and oxygen atoms in total. The number of carboxylic acid groups (broad SMARTS) is 2. The maximum atomic E-state index is 9.87. The minimum atomic E-state index is -1.27. The second-order valence-electron chi connectivity index (χ2n) is 2.54. The van der Waals surface area contributed by atoms with Crippen molar-refractivity contribution in [1.29, 1.82) is 0 Å². The van der Waals surface area contributed by atoms with E-state index in [9.17, 15) is 9.59 Å². The fourth-order valence-corrected chi connectivity index (χ4v) is 0.508. The fraction of sp³-hybridized carbons (Fsp3) is 0.556. The largest absolute Gasteiger partial charge is 0.481 e. The summed E-state index contributed by atoms with van der Waals surface area (Å²) < 4.78 is 0. The molecular formula is C9H18N2O4. The molecule has 0 bridgehead atoms. The van der Waals surface area contributed by atoms with E-state index in [-0.39, 0.29) is 5.57 Å². The fourth-order valence-electron chi connectivity index (χ4n) is 0.508. The second-order valence-corrected chi connectivity index (χ2v) is 2.54. The zero-order valence-electron chi connectivity index (χ0n) is 9.04. The molecule has 0 fully saturated rings. The van der Waals surface area contributed by atoms with E-state index in [1.165, 1.54) is 0 Å². The van der Waals surface area contributed by atoms with Crippen molar-refractivity contribution in [3.63, 3.8) is 0 Å². The third kappa shape index (κ3) is 15.4. The summed E-state index contributed by atoms with van der Waals surface area (Å²) in [7, 11) is 0. The van der Waals surface area contributed by atoms with Gasteiger partial charge in [-0.15, -0.1) is 0 Å². The highest BCUT2D eigenvalue weighted by Crippen LogP contribution is 1.95. The second kappa shape index (κ2) is 10.7. The molecule has 0 amide bonds. The molecule has 0 aromatic heterocycles. The molecule has 0 saturated carbocycles. The summed E-state index contributed by atoms with van der Waals surface area (Å²) in [6.45, 7) is 9.12. The van der Waals surface area contributed by atoms with Crippen molar-refractivity contribution in [2.24, 2.45) is 0 Å². The molecule has 0 aliphatic rings. The highest BCUT2D eigenvalue weighted by atomic mass is 16.4. The van der Waals surface area contributed by atoms with E-state index in [0.717, 1.165) is 13.1 Å². The van der Waals surface area contributed by atoms with E-state index in [0.29, 0.717) is 0 Å². The Morgan fingerprint density at radius 3 is 1.67 bits per heavy atom. The van der Waals surface area contributed by atoms with Crippen LogP contribution in [0.15, 0.2) is 12.2 Å². The summed E-state index contributed by atoms with van der Waals surface area (Å²) >= 11 is 0. The molecule has 0 aliphatic carbocycles. The van der Waals surface area contributed by atoms with E-state index < -0.39 is 18.4 Å². The lowest BCUT2D eigenvalue weighted by Gasteiger charge is -1.95. The van der Waals surface area contributed by atoms with Crippen molar-refractivity contribution in [2.45, 2.75) is 20.3 Å².